The van der Waals surface area contributed by atoms with Crippen molar-refractivity contribution in [2.24, 2.45) is 0 Å². The van der Waals surface area contributed by atoms with Crippen molar-refractivity contribution in [3.8, 4) is 5.75 Å². The number of phenolic OH excluding ortho intramolecular Hbond substituents is 1. The summed E-state index contributed by atoms with van der Waals surface area (Å²) in [7, 11) is 0. The molecule has 0 heterocycles. The van der Waals surface area contributed by atoms with Crippen molar-refractivity contribution in [1.82, 2.24) is 5.32 Å². The van der Waals surface area contributed by atoms with Crippen LogP contribution in [0.2, 0.25) is 0 Å². The van der Waals surface area contributed by atoms with Crippen molar-refractivity contribution in [3.63, 3.8) is 0 Å². The molecule has 24 heavy (non-hydrogen) atoms. The van der Waals surface area contributed by atoms with Gasteiger partial charge in [0.15, 0.2) is 5.11 Å². The zero-order valence-electron chi connectivity index (χ0n) is 12.9. The van der Waals surface area contributed by atoms with Gasteiger partial charge in [-0.2, -0.15) is 0 Å². The van der Waals surface area contributed by atoms with Gasteiger partial charge in [-0.3, -0.25) is 19.7 Å². The Morgan fingerprint density at radius 3 is 2.71 bits per heavy atom. The fourth-order valence-corrected chi connectivity index (χ4v) is 1.81. The Bertz CT molecular complexity index is 649. The summed E-state index contributed by atoms with van der Waals surface area (Å²) in [4.78, 5) is 33.0. The number of ether oxygens (including phenoxy) is 1. The molecule has 0 radical (unpaired) electrons. The molecule has 130 valence electrons. The van der Waals surface area contributed by atoms with E-state index >= 15 is 0 Å². The van der Waals surface area contributed by atoms with E-state index in [1.807, 2.05) is 6.92 Å². The monoisotopic (exact) mass is 355 g/mol. The third-order valence-corrected chi connectivity index (χ3v) is 2.92. The molecular weight excluding hydrogens is 338 g/mol. The average Bonchev–Trinajstić information content (AvgIpc) is 2.52. The number of anilines is 1. The molecular formula is C14H17N3O6S. The van der Waals surface area contributed by atoms with Gasteiger partial charge in [0.25, 0.3) is 5.69 Å². The third kappa shape index (κ3) is 6.57. The Morgan fingerprint density at radius 1 is 1.38 bits per heavy atom. The number of carbonyl (C=O) groups excluding carboxylic acids is 2. The summed E-state index contributed by atoms with van der Waals surface area (Å²) in [6.45, 7) is 2.15. The van der Waals surface area contributed by atoms with Crippen molar-refractivity contribution in [2.75, 3.05) is 11.9 Å². The van der Waals surface area contributed by atoms with Crippen LogP contribution in [0.25, 0.3) is 0 Å². The molecule has 0 aliphatic carbocycles. The number of nitro benzene ring substituents is 1. The third-order valence-electron chi connectivity index (χ3n) is 2.72. The molecule has 0 atom stereocenters. The number of non-ortho nitro benzene ring substituents is 1. The second-order valence-corrected chi connectivity index (χ2v) is 5.09. The molecule has 0 fully saturated rings. The van der Waals surface area contributed by atoms with E-state index in [1.165, 1.54) is 0 Å². The van der Waals surface area contributed by atoms with Crippen molar-refractivity contribution < 1.29 is 24.4 Å². The highest BCUT2D eigenvalue weighted by Crippen LogP contribution is 2.27. The molecule has 1 rings (SSSR count). The van der Waals surface area contributed by atoms with Gasteiger partial charge >= 0.3 is 5.97 Å². The van der Waals surface area contributed by atoms with Crippen LogP contribution in [-0.4, -0.2) is 33.6 Å². The highest BCUT2D eigenvalue weighted by atomic mass is 32.1. The van der Waals surface area contributed by atoms with E-state index in [1.54, 1.807) is 0 Å². The first-order valence-electron chi connectivity index (χ1n) is 7.07. The molecule has 10 heteroatoms. The van der Waals surface area contributed by atoms with Crippen molar-refractivity contribution in [2.45, 2.75) is 26.2 Å². The summed E-state index contributed by atoms with van der Waals surface area (Å²) < 4.78 is 4.83. The molecule has 0 aliphatic rings. The number of benzene rings is 1. The number of thiocarbonyl (C=S) groups is 1. The van der Waals surface area contributed by atoms with Crippen LogP contribution in [0.1, 0.15) is 26.2 Å². The summed E-state index contributed by atoms with van der Waals surface area (Å²) in [5.74, 6) is -1.27. The molecule has 1 aromatic rings. The fourth-order valence-electron chi connectivity index (χ4n) is 1.58. The number of nitro groups is 1. The topological polar surface area (TPSA) is 131 Å². The summed E-state index contributed by atoms with van der Waals surface area (Å²) >= 11 is 4.89. The SMILES string of the molecule is CCCOC(=O)CCC(=O)NC(=S)Nc1cc([N+](=O)[O-])ccc1O. The minimum atomic E-state index is -0.631. The van der Waals surface area contributed by atoms with Gasteiger partial charge < -0.3 is 20.5 Å². The standard InChI is InChI=1S/C14H17N3O6S/c1-2-7-23-13(20)6-5-12(19)16-14(24)15-10-8-9(17(21)22)3-4-11(10)18/h3-4,8,18H,2,5-7H2,1H3,(H2,15,16,19,24). The van der Waals surface area contributed by atoms with Crippen molar-refractivity contribution in [3.05, 3.63) is 28.3 Å². The molecule has 0 spiro atoms. The van der Waals surface area contributed by atoms with Gasteiger partial charge in [0.1, 0.15) is 5.75 Å². The van der Waals surface area contributed by atoms with Crippen molar-refractivity contribution >= 4 is 40.6 Å². The average molecular weight is 355 g/mol. The summed E-state index contributed by atoms with van der Waals surface area (Å²) in [5.41, 5.74) is -0.264. The number of hydrogen-bond acceptors (Lipinski definition) is 7. The molecule has 0 saturated heterocycles. The predicted molar refractivity (Wildman–Crippen MR) is 89.6 cm³/mol. The maximum absolute atomic E-state index is 11.7. The van der Waals surface area contributed by atoms with Gasteiger partial charge in [-0.15, -0.1) is 0 Å². The molecule has 1 amide bonds. The maximum atomic E-state index is 11.7. The van der Waals surface area contributed by atoms with Gasteiger partial charge in [-0.1, -0.05) is 6.92 Å². The highest BCUT2D eigenvalue weighted by molar-refractivity contribution is 7.80. The number of rotatable bonds is 7. The zero-order chi connectivity index (χ0) is 18.1. The van der Waals surface area contributed by atoms with Crippen LogP contribution in [0.4, 0.5) is 11.4 Å². The molecule has 0 unspecified atom stereocenters. The lowest BCUT2D eigenvalue weighted by Crippen LogP contribution is -2.34. The van der Waals surface area contributed by atoms with Crippen LogP contribution in [0, 0.1) is 10.1 Å². The Labute approximate surface area is 143 Å². The second-order valence-electron chi connectivity index (χ2n) is 4.68. The largest absolute Gasteiger partial charge is 0.506 e. The maximum Gasteiger partial charge on any atom is 0.306 e. The van der Waals surface area contributed by atoms with Gasteiger partial charge in [0.05, 0.1) is 23.6 Å². The van der Waals surface area contributed by atoms with Crippen LogP contribution in [0.15, 0.2) is 18.2 Å². The lowest BCUT2D eigenvalue weighted by molar-refractivity contribution is -0.384. The quantitative estimate of drug-likeness (QED) is 0.222. The Kier molecular flexibility index (Phi) is 7.56. The first kappa shape index (κ1) is 19.3. The molecule has 0 bridgehead atoms. The predicted octanol–water partition coefficient (Wildman–Crippen LogP) is 1.85. The van der Waals surface area contributed by atoms with Crippen LogP contribution in [-0.2, 0) is 14.3 Å². The Morgan fingerprint density at radius 2 is 2.08 bits per heavy atom. The van der Waals surface area contributed by atoms with E-state index in [4.69, 9.17) is 17.0 Å². The van der Waals surface area contributed by atoms with Crippen molar-refractivity contribution in [1.29, 1.82) is 0 Å². The number of esters is 1. The number of nitrogens with zero attached hydrogens (tertiary/aromatic N) is 1. The number of amides is 1. The van der Waals surface area contributed by atoms with Gasteiger partial charge in [-0.25, -0.2) is 0 Å². The summed E-state index contributed by atoms with van der Waals surface area (Å²) in [5, 5.41) is 25.0. The molecule has 0 aliphatic heterocycles. The molecule has 1 aromatic carbocycles. The molecule has 0 aromatic heterocycles. The number of phenols is 1. The number of carbonyl (C=O) groups is 2. The van der Waals surface area contributed by atoms with Crippen LogP contribution in [0.3, 0.4) is 0 Å². The molecule has 0 saturated carbocycles. The van der Waals surface area contributed by atoms with Gasteiger partial charge in [0, 0.05) is 18.6 Å². The first-order valence-corrected chi connectivity index (χ1v) is 7.48. The summed E-state index contributed by atoms with van der Waals surface area (Å²) in [6.07, 6.45) is 0.487. The highest BCUT2D eigenvalue weighted by Gasteiger charge is 2.13. The van der Waals surface area contributed by atoms with Gasteiger partial charge in [-0.05, 0) is 24.7 Å². The molecule has 9 nitrogen and oxygen atoms in total. The molecule has 3 N–H and O–H groups in total. The zero-order valence-corrected chi connectivity index (χ0v) is 13.7. The van der Waals surface area contributed by atoms with E-state index in [0.29, 0.717) is 13.0 Å². The van der Waals surface area contributed by atoms with E-state index in [9.17, 15) is 24.8 Å². The van der Waals surface area contributed by atoms with E-state index < -0.39 is 16.8 Å². The number of nitrogens with one attached hydrogen (secondary N) is 2. The first-order chi connectivity index (χ1) is 11.3. The smallest absolute Gasteiger partial charge is 0.306 e. The van der Waals surface area contributed by atoms with E-state index in [2.05, 4.69) is 10.6 Å². The van der Waals surface area contributed by atoms with E-state index in [0.717, 1.165) is 18.2 Å². The summed E-state index contributed by atoms with van der Waals surface area (Å²) in [6, 6.07) is 3.34. The lowest BCUT2D eigenvalue weighted by Gasteiger charge is -2.10. The van der Waals surface area contributed by atoms with Gasteiger partial charge in [0.2, 0.25) is 5.91 Å². The van der Waals surface area contributed by atoms with Crippen LogP contribution in [0.5, 0.6) is 5.75 Å². The fraction of sp³-hybridized carbons (Fsp3) is 0.357. The minimum Gasteiger partial charge on any atom is -0.506 e. The van der Waals surface area contributed by atoms with Crippen LogP contribution < -0.4 is 10.6 Å². The van der Waals surface area contributed by atoms with E-state index in [-0.39, 0.29) is 35.1 Å². The number of hydrogen-bond donors (Lipinski definition) is 3. The van der Waals surface area contributed by atoms with Crippen LogP contribution >= 0.6 is 12.2 Å². The minimum absolute atomic E-state index is 0.0168. The second kappa shape index (κ2) is 9.40. The Balaban J connectivity index is 2.51. The normalized spacial score (nSPS) is 9.88. The Hall–Kier alpha value is -2.75. The number of aromatic hydroxyl groups is 1. The lowest BCUT2D eigenvalue weighted by atomic mass is 10.2.